The fourth-order valence-corrected chi connectivity index (χ4v) is 2.92. The molecular weight excluding hydrogens is 288 g/mol. The summed E-state index contributed by atoms with van der Waals surface area (Å²) in [6.07, 6.45) is 3.71. The van der Waals surface area contributed by atoms with Crippen LogP contribution in [-0.2, 0) is 9.59 Å². The highest BCUT2D eigenvalue weighted by molar-refractivity contribution is 6.25. The molecule has 21 heavy (non-hydrogen) atoms. The Morgan fingerprint density at radius 1 is 1.24 bits per heavy atom. The number of rotatable bonds is 4. The fourth-order valence-electron chi connectivity index (χ4n) is 2.84. The molecule has 0 radical (unpaired) electrons. The lowest BCUT2D eigenvalue weighted by Crippen LogP contribution is -2.60. The van der Waals surface area contributed by atoms with Gasteiger partial charge in [-0.25, -0.2) is 0 Å². The lowest BCUT2D eigenvalue weighted by Gasteiger charge is -2.38. The minimum absolute atomic E-state index is 0.0612. The third-order valence-corrected chi connectivity index (χ3v) is 4.19. The molecule has 1 aromatic carbocycles. The largest absolute Gasteiger partial charge is 0.339 e. The van der Waals surface area contributed by atoms with E-state index in [2.05, 4.69) is 5.32 Å². The Balaban J connectivity index is 1.89. The van der Waals surface area contributed by atoms with Gasteiger partial charge in [0.1, 0.15) is 12.1 Å². The summed E-state index contributed by atoms with van der Waals surface area (Å²) in [6, 6.07) is 8.38. The molecule has 2 aliphatic rings. The van der Waals surface area contributed by atoms with Crippen LogP contribution in [0.2, 0.25) is 0 Å². The molecule has 3 rings (SSSR count). The number of amides is 2. The van der Waals surface area contributed by atoms with Crippen LogP contribution in [0.4, 0.5) is 0 Å². The molecule has 5 heteroatoms. The quantitative estimate of drug-likeness (QED) is 0.927. The Kier molecular flexibility index (Phi) is 3.97. The minimum Gasteiger partial charge on any atom is -0.339 e. The average Bonchev–Trinajstić information content (AvgIpc) is 3.33. The molecule has 110 valence electrons. The van der Waals surface area contributed by atoms with Gasteiger partial charge in [-0.2, -0.15) is 0 Å². The van der Waals surface area contributed by atoms with E-state index in [4.69, 9.17) is 11.6 Å². The summed E-state index contributed by atoms with van der Waals surface area (Å²) in [6.45, 7) is 0.375. The van der Waals surface area contributed by atoms with Crippen LogP contribution in [0, 0.1) is 5.92 Å². The summed E-state index contributed by atoms with van der Waals surface area (Å²) in [7, 11) is 0. The van der Waals surface area contributed by atoms with Gasteiger partial charge in [0.05, 0.1) is 0 Å². The van der Waals surface area contributed by atoms with Crippen molar-refractivity contribution in [2.75, 3.05) is 6.54 Å². The number of carbonyl (C=O) groups excluding carboxylic acids is 2. The molecule has 0 aromatic heterocycles. The topological polar surface area (TPSA) is 49.4 Å². The standard InChI is InChI=1S/C16H17ClN2O2/c17-9-4-10-19-14(12-7-8-12)15(20)18-13(16(19)21)11-5-2-1-3-6-11/h1-6,9,12-14H,7-8,10H2,(H,18,20)/b9-4+. The molecule has 1 aliphatic carbocycles. The summed E-state index contributed by atoms with van der Waals surface area (Å²) >= 11 is 5.58. The first-order valence-corrected chi connectivity index (χ1v) is 7.57. The van der Waals surface area contributed by atoms with E-state index in [0.717, 1.165) is 18.4 Å². The SMILES string of the molecule is O=C1NC(c2ccccc2)C(=O)N(C/C=C/Cl)C1C1CC1. The minimum atomic E-state index is -0.600. The van der Waals surface area contributed by atoms with Crippen LogP contribution in [0.5, 0.6) is 0 Å². The average molecular weight is 305 g/mol. The monoisotopic (exact) mass is 304 g/mol. The highest BCUT2D eigenvalue weighted by Crippen LogP contribution is 2.38. The Morgan fingerprint density at radius 3 is 2.57 bits per heavy atom. The maximum Gasteiger partial charge on any atom is 0.250 e. The highest BCUT2D eigenvalue weighted by Gasteiger charge is 2.47. The first-order valence-electron chi connectivity index (χ1n) is 7.13. The second-order valence-electron chi connectivity index (χ2n) is 5.49. The van der Waals surface area contributed by atoms with Gasteiger partial charge in [0.2, 0.25) is 5.91 Å². The lowest BCUT2D eigenvalue weighted by atomic mass is 9.98. The molecule has 1 heterocycles. The van der Waals surface area contributed by atoms with Gasteiger partial charge in [-0.05, 0) is 24.3 Å². The summed E-state index contributed by atoms with van der Waals surface area (Å²) in [4.78, 5) is 26.8. The molecule has 1 aromatic rings. The van der Waals surface area contributed by atoms with Crippen LogP contribution < -0.4 is 5.32 Å². The molecule has 1 saturated carbocycles. The third-order valence-electron chi connectivity index (χ3n) is 4.01. The van der Waals surface area contributed by atoms with Crippen molar-refractivity contribution in [1.29, 1.82) is 0 Å². The van der Waals surface area contributed by atoms with Crippen molar-refractivity contribution >= 4 is 23.4 Å². The van der Waals surface area contributed by atoms with Gasteiger partial charge in [-0.15, -0.1) is 0 Å². The van der Waals surface area contributed by atoms with Crippen molar-refractivity contribution in [3.63, 3.8) is 0 Å². The van der Waals surface area contributed by atoms with Crippen molar-refractivity contribution in [2.45, 2.75) is 24.9 Å². The number of carbonyl (C=O) groups is 2. The predicted octanol–water partition coefficient (Wildman–Crippen LogP) is 2.22. The fraction of sp³-hybridized carbons (Fsp3) is 0.375. The van der Waals surface area contributed by atoms with E-state index < -0.39 is 6.04 Å². The van der Waals surface area contributed by atoms with E-state index in [1.54, 1.807) is 11.0 Å². The van der Waals surface area contributed by atoms with Crippen molar-refractivity contribution in [2.24, 2.45) is 5.92 Å². The van der Waals surface area contributed by atoms with E-state index in [9.17, 15) is 9.59 Å². The number of benzene rings is 1. The van der Waals surface area contributed by atoms with Crippen molar-refractivity contribution in [3.05, 3.63) is 47.5 Å². The van der Waals surface area contributed by atoms with Crippen molar-refractivity contribution < 1.29 is 9.59 Å². The molecule has 2 unspecified atom stereocenters. The van der Waals surface area contributed by atoms with Crippen LogP contribution in [-0.4, -0.2) is 29.3 Å². The van der Waals surface area contributed by atoms with E-state index in [1.807, 2.05) is 30.3 Å². The Morgan fingerprint density at radius 2 is 1.95 bits per heavy atom. The zero-order valence-electron chi connectivity index (χ0n) is 11.5. The van der Waals surface area contributed by atoms with Gasteiger partial charge in [0.15, 0.2) is 0 Å². The van der Waals surface area contributed by atoms with Gasteiger partial charge in [0, 0.05) is 12.1 Å². The number of hydrogen-bond acceptors (Lipinski definition) is 2. The Bertz CT molecular complexity index is 569. The molecule has 1 N–H and O–H groups in total. The van der Waals surface area contributed by atoms with Crippen molar-refractivity contribution in [3.8, 4) is 0 Å². The maximum absolute atomic E-state index is 12.8. The lowest BCUT2D eigenvalue weighted by molar-refractivity contribution is -0.149. The van der Waals surface area contributed by atoms with Crippen LogP contribution in [0.3, 0.4) is 0 Å². The highest BCUT2D eigenvalue weighted by atomic mass is 35.5. The second-order valence-corrected chi connectivity index (χ2v) is 5.74. The molecule has 2 atom stereocenters. The normalized spacial score (nSPS) is 26.2. The maximum atomic E-state index is 12.8. The van der Waals surface area contributed by atoms with Crippen LogP contribution in [0.1, 0.15) is 24.4 Å². The van der Waals surface area contributed by atoms with E-state index in [-0.39, 0.29) is 23.8 Å². The molecule has 4 nitrogen and oxygen atoms in total. The van der Waals surface area contributed by atoms with Crippen LogP contribution >= 0.6 is 11.6 Å². The number of nitrogens with zero attached hydrogens (tertiary/aromatic N) is 1. The van der Waals surface area contributed by atoms with E-state index in [1.165, 1.54) is 5.54 Å². The summed E-state index contributed by atoms with van der Waals surface area (Å²) in [5, 5.41) is 2.87. The Labute approximate surface area is 128 Å². The molecule has 0 bridgehead atoms. The number of nitrogens with one attached hydrogen (secondary N) is 1. The van der Waals surface area contributed by atoms with Gasteiger partial charge >= 0.3 is 0 Å². The first-order chi connectivity index (χ1) is 10.2. The molecular formula is C16H17ClN2O2. The zero-order valence-corrected chi connectivity index (χ0v) is 12.3. The molecule has 2 fully saturated rings. The smallest absolute Gasteiger partial charge is 0.250 e. The predicted molar refractivity (Wildman–Crippen MR) is 80.5 cm³/mol. The molecule has 1 saturated heterocycles. The molecule has 0 spiro atoms. The number of piperazine rings is 1. The van der Waals surface area contributed by atoms with Gasteiger partial charge in [-0.1, -0.05) is 48.0 Å². The molecule has 1 aliphatic heterocycles. The van der Waals surface area contributed by atoms with Crippen molar-refractivity contribution in [1.82, 2.24) is 10.2 Å². The van der Waals surface area contributed by atoms with Gasteiger partial charge in [-0.3, -0.25) is 9.59 Å². The molecule has 2 amide bonds. The summed E-state index contributed by atoms with van der Waals surface area (Å²) < 4.78 is 0. The third kappa shape index (κ3) is 2.81. The van der Waals surface area contributed by atoms with Crippen LogP contribution in [0.15, 0.2) is 41.9 Å². The van der Waals surface area contributed by atoms with Crippen LogP contribution in [0.25, 0.3) is 0 Å². The number of halogens is 1. The van der Waals surface area contributed by atoms with E-state index >= 15 is 0 Å². The number of hydrogen-bond donors (Lipinski definition) is 1. The zero-order chi connectivity index (χ0) is 14.8. The first kappa shape index (κ1) is 14.1. The van der Waals surface area contributed by atoms with Gasteiger partial charge in [0.25, 0.3) is 5.91 Å². The Hall–Kier alpha value is -1.81. The van der Waals surface area contributed by atoms with E-state index in [0.29, 0.717) is 6.54 Å². The summed E-state index contributed by atoms with van der Waals surface area (Å²) in [5.41, 5.74) is 2.20. The summed E-state index contributed by atoms with van der Waals surface area (Å²) in [5.74, 6) is 0.163. The van der Waals surface area contributed by atoms with Gasteiger partial charge < -0.3 is 10.2 Å². The second kappa shape index (κ2) is 5.90.